The molecule has 0 aliphatic heterocycles. The number of nitrogens with one attached hydrogen (secondary N) is 1. The molecular formula is C8H8BrClN2O. The summed E-state index contributed by atoms with van der Waals surface area (Å²) in [6.45, 7) is 0.0847. The minimum Gasteiger partial charge on any atom is -0.375 e. The molecule has 3 nitrogen and oxygen atoms in total. The van der Waals surface area contributed by atoms with Gasteiger partial charge in [0, 0.05) is 4.47 Å². The minimum atomic E-state index is -0.418. The number of amides is 1. The number of hydrogen-bond donors (Lipinski definition) is 2. The second-order valence-electron chi connectivity index (χ2n) is 2.44. The predicted octanol–water partition coefficient (Wildman–Crippen LogP) is 2.00. The summed E-state index contributed by atoms with van der Waals surface area (Å²) >= 11 is 9.14. The highest BCUT2D eigenvalue weighted by Crippen LogP contribution is 2.25. The van der Waals surface area contributed by atoms with Crippen LogP contribution in [0.25, 0.3) is 0 Å². The maximum absolute atomic E-state index is 10.5. The van der Waals surface area contributed by atoms with Crippen LogP contribution in [0, 0.1) is 0 Å². The van der Waals surface area contributed by atoms with Crippen molar-refractivity contribution in [3.63, 3.8) is 0 Å². The number of nitrogens with two attached hydrogens (primary N) is 1. The Morgan fingerprint density at radius 3 is 2.85 bits per heavy atom. The molecule has 0 spiro atoms. The van der Waals surface area contributed by atoms with Crippen LogP contribution >= 0.6 is 27.5 Å². The number of benzene rings is 1. The van der Waals surface area contributed by atoms with Crippen molar-refractivity contribution >= 4 is 39.1 Å². The minimum absolute atomic E-state index is 0.0847. The molecule has 0 aliphatic rings. The van der Waals surface area contributed by atoms with Crippen molar-refractivity contribution in [3.05, 3.63) is 27.7 Å². The first kappa shape index (κ1) is 10.3. The molecule has 0 heterocycles. The van der Waals surface area contributed by atoms with E-state index in [-0.39, 0.29) is 6.54 Å². The summed E-state index contributed by atoms with van der Waals surface area (Å²) in [5, 5.41) is 3.36. The molecular weight excluding hydrogens is 255 g/mol. The third-order valence-electron chi connectivity index (χ3n) is 1.38. The molecule has 70 valence electrons. The van der Waals surface area contributed by atoms with Gasteiger partial charge in [-0.15, -0.1) is 0 Å². The van der Waals surface area contributed by atoms with E-state index in [0.29, 0.717) is 10.7 Å². The van der Waals surface area contributed by atoms with Gasteiger partial charge in [-0.3, -0.25) is 4.79 Å². The normalized spacial score (nSPS) is 9.69. The number of hydrogen-bond acceptors (Lipinski definition) is 2. The summed E-state index contributed by atoms with van der Waals surface area (Å²) in [6, 6.07) is 5.34. The smallest absolute Gasteiger partial charge is 0.236 e. The number of carbonyl (C=O) groups is 1. The van der Waals surface area contributed by atoms with Gasteiger partial charge in [0.2, 0.25) is 5.91 Å². The third kappa shape index (κ3) is 3.24. The molecule has 3 N–H and O–H groups in total. The highest BCUT2D eigenvalue weighted by molar-refractivity contribution is 9.10. The summed E-state index contributed by atoms with van der Waals surface area (Å²) in [6.07, 6.45) is 0. The molecule has 1 rings (SSSR count). The van der Waals surface area contributed by atoms with Gasteiger partial charge in [-0.2, -0.15) is 0 Å². The number of anilines is 1. The van der Waals surface area contributed by atoms with Crippen LogP contribution in [0.1, 0.15) is 0 Å². The lowest BCUT2D eigenvalue weighted by Gasteiger charge is -2.05. The largest absolute Gasteiger partial charge is 0.375 e. The Labute approximate surface area is 89.4 Å². The molecule has 1 aromatic rings. The summed E-state index contributed by atoms with van der Waals surface area (Å²) < 4.78 is 0.891. The van der Waals surface area contributed by atoms with E-state index in [0.717, 1.165) is 4.47 Å². The maximum atomic E-state index is 10.5. The fraction of sp³-hybridized carbons (Fsp3) is 0.125. The molecule has 0 fully saturated rings. The highest BCUT2D eigenvalue weighted by Gasteiger charge is 2.00. The Kier molecular flexibility index (Phi) is 3.57. The Bertz CT molecular complexity index is 330. The lowest BCUT2D eigenvalue weighted by molar-refractivity contribution is -0.116. The molecule has 0 saturated heterocycles. The number of primary amides is 1. The van der Waals surface area contributed by atoms with Crippen LogP contribution in [0.3, 0.4) is 0 Å². The van der Waals surface area contributed by atoms with Crippen LogP contribution in [-0.2, 0) is 4.79 Å². The molecule has 1 amide bonds. The number of rotatable bonds is 3. The zero-order chi connectivity index (χ0) is 9.84. The monoisotopic (exact) mass is 262 g/mol. The van der Waals surface area contributed by atoms with E-state index in [1.165, 1.54) is 0 Å². The average molecular weight is 264 g/mol. The Hall–Kier alpha value is -0.740. The van der Waals surface area contributed by atoms with E-state index in [4.69, 9.17) is 17.3 Å². The molecule has 5 heteroatoms. The zero-order valence-electron chi connectivity index (χ0n) is 6.68. The van der Waals surface area contributed by atoms with Crippen molar-refractivity contribution in [2.24, 2.45) is 5.73 Å². The van der Waals surface area contributed by atoms with E-state index in [9.17, 15) is 4.79 Å². The van der Waals surface area contributed by atoms with Gasteiger partial charge in [0.15, 0.2) is 0 Å². The Morgan fingerprint density at radius 1 is 1.62 bits per heavy atom. The topological polar surface area (TPSA) is 55.1 Å². The van der Waals surface area contributed by atoms with Gasteiger partial charge in [-0.25, -0.2) is 0 Å². The van der Waals surface area contributed by atoms with Crippen molar-refractivity contribution in [1.29, 1.82) is 0 Å². The SMILES string of the molecule is NC(=O)CNc1ccc(Br)cc1Cl. The second kappa shape index (κ2) is 4.48. The Balaban J connectivity index is 2.72. The highest BCUT2D eigenvalue weighted by atomic mass is 79.9. The molecule has 0 aromatic heterocycles. The fourth-order valence-electron chi connectivity index (χ4n) is 0.815. The predicted molar refractivity (Wildman–Crippen MR) is 56.8 cm³/mol. The molecule has 0 saturated carbocycles. The van der Waals surface area contributed by atoms with Gasteiger partial charge < -0.3 is 11.1 Å². The van der Waals surface area contributed by atoms with Gasteiger partial charge in [0.25, 0.3) is 0 Å². The zero-order valence-corrected chi connectivity index (χ0v) is 9.02. The maximum Gasteiger partial charge on any atom is 0.236 e. The molecule has 0 radical (unpaired) electrons. The standard InChI is InChI=1S/C8H8BrClN2O/c9-5-1-2-7(6(10)3-5)12-4-8(11)13/h1-3,12H,4H2,(H2,11,13). The second-order valence-corrected chi connectivity index (χ2v) is 3.77. The quantitative estimate of drug-likeness (QED) is 0.876. The first-order chi connectivity index (χ1) is 6.09. The number of halogens is 2. The van der Waals surface area contributed by atoms with Gasteiger partial charge in [0.1, 0.15) is 0 Å². The Morgan fingerprint density at radius 2 is 2.31 bits per heavy atom. The van der Waals surface area contributed by atoms with Crippen LogP contribution in [0.2, 0.25) is 5.02 Å². The van der Waals surface area contributed by atoms with Gasteiger partial charge in [0.05, 0.1) is 17.3 Å². The van der Waals surface area contributed by atoms with E-state index < -0.39 is 5.91 Å². The van der Waals surface area contributed by atoms with Crippen LogP contribution < -0.4 is 11.1 Å². The summed E-state index contributed by atoms with van der Waals surface area (Å²) in [7, 11) is 0. The molecule has 13 heavy (non-hydrogen) atoms. The molecule has 0 bridgehead atoms. The van der Waals surface area contributed by atoms with E-state index in [1.54, 1.807) is 12.1 Å². The molecule has 0 unspecified atom stereocenters. The summed E-state index contributed by atoms with van der Waals surface area (Å²) in [5.74, 6) is -0.418. The van der Waals surface area contributed by atoms with E-state index >= 15 is 0 Å². The van der Waals surface area contributed by atoms with Crippen molar-refractivity contribution in [2.45, 2.75) is 0 Å². The van der Waals surface area contributed by atoms with E-state index in [1.807, 2.05) is 6.07 Å². The van der Waals surface area contributed by atoms with Gasteiger partial charge in [-0.1, -0.05) is 27.5 Å². The molecule has 0 aliphatic carbocycles. The van der Waals surface area contributed by atoms with Crippen molar-refractivity contribution in [2.75, 3.05) is 11.9 Å². The molecule has 0 atom stereocenters. The van der Waals surface area contributed by atoms with Crippen molar-refractivity contribution in [1.82, 2.24) is 0 Å². The lowest BCUT2D eigenvalue weighted by atomic mass is 10.3. The van der Waals surface area contributed by atoms with Crippen molar-refractivity contribution in [3.8, 4) is 0 Å². The van der Waals surface area contributed by atoms with Crippen LogP contribution in [0.15, 0.2) is 22.7 Å². The summed E-state index contributed by atoms with van der Waals surface area (Å²) in [5.41, 5.74) is 5.66. The summed E-state index contributed by atoms with van der Waals surface area (Å²) in [4.78, 5) is 10.5. The van der Waals surface area contributed by atoms with E-state index in [2.05, 4.69) is 21.2 Å². The molecule has 1 aromatic carbocycles. The van der Waals surface area contributed by atoms with Crippen LogP contribution in [0.4, 0.5) is 5.69 Å². The fourth-order valence-corrected chi connectivity index (χ4v) is 1.56. The van der Waals surface area contributed by atoms with Crippen LogP contribution in [0.5, 0.6) is 0 Å². The number of carbonyl (C=O) groups excluding carboxylic acids is 1. The van der Waals surface area contributed by atoms with Gasteiger partial charge in [-0.05, 0) is 18.2 Å². The average Bonchev–Trinajstić information content (AvgIpc) is 2.02. The van der Waals surface area contributed by atoms with Gasteiger partial charge >= 0.3 is 0 Å². The first-order valence-electron chi connectivity index (χ1n) is 3.57. The van der Waals surface area contributed by atoms with Crippen molar-refractivity contribution < 1.29 is 4.79 Å². The third-order valence-corrected chi connectivity index (χ3v) is 2.19. The first-order valence-corrected chi connectivity index (χ1v) is 4.74. The van der Waals surface area contributed by atoms with Crippen LogP contribution in [-0.4, -0.2) is 12.5 Å². The lowest BCUT2D eigenvalue weighted by Crippen LogP contribution is -2.21.